The number of aryl methyl sites for hydroxylation is 1. The van der Waals surface area contributed by atoms with Gasteiger partial charge < -0.3 is 9.80 Å². The van der Waals surface area contributed by atoms with Crippen LogP contribution in [0.15, 0.2) is 12.4 Å². The van der Waals surface area contributed by atoms with Gasteiger partial charge in [-0.2, -0.15) is 5.10 Å². The summed E-state index contributed by atoms with van der Waals surface area (Å²) < 4.78 is 1.66. The topological polar surface area (TPSA) is 41.4 Å². The lowest BCUT2D eigenvalue weighted by molar-refractivity contribution is 0.0572. The normalized spacial score (nSPS) is 20.3. The molecule has 5 heteroatoms. The zero-order valence-corrected chi connectivity index (χ0v) is 12.1. The zero-order chi connectivity index (χ0) is 13.7. The SMILES string of the molecule is CC.CC1CN(C(=O)c2cnn(C)c2)CCN1C. The van der Waals surface area contributed by atoms with E-state index in [1.54, 1.807) is 17.1 Å². The molecule has 5 nitrogen and oxygen atoms in total. The predicted octanol–water partition coefficient (Wildman–Crippen LogP) is 1.22. The predicted molar refractivity (Wildman–Crippen MR) is 72.6 cm³/mol. The smallest absolute Gasteiger partial charge is 0.257 e. The number of nitrogens with zero attached hydrogens (tertiary/aromatic N) is 4. The third-order valence-corrected chi connectivity index (χ3v) is 3.20. The van der Waals surface area contributed by atoms with Crippen LogP contribution >= 0.6 is 0 Å². The molecule has 0 spiro atoms. The van der Waals surface area contributed by atoms with E-state index in [1.807, 2.05) is 25.8 Å². The van der Waals surface area contributed by atoms with Crippen LogP contribution in [0.2, 0.25) is 0 Å². The van der Waals surface area contributed by atoms with Crippen LogP contribution in [0.1, 0.15) is 31.1 Å². The molecule has 1 fully saturated rings. The number of hydrogen-bond acceptors (Lipinski definition) is 3. The molecule has 0 radical (unpaired) electrons. The van der Waals surface area contributed by atoms with Gasteiger partial charge in [0.05, 0.1) is 11.8 Å². The van der Waals surface area contributed by atoms with Gasteiger partial charge in [0.25, 0.3) is 5.91 Å². The highest BCUT2D eigenvalue weighted by Gasteiger charge is 2.25. The maximum atomic E-state index is 12.1. The summed E-state index contributed by atoms with van der Waals surface area (Å²) in [6.07, 6.45) is 3.40. The molecular formula is C13H24N4O. The van der Waals surface area contributed by atoms with Gasteiger partial charge in [-0.05, 0) is 14.0 Å². The van der Waals surface area contributed by atoms with E-state index in [2.05, 4.69) is 24.0 Å². The average Bonchev–Trinajstić information content (AvgIpc) is 2.81. The Hall–Kier alpha value is -1.36. The van der Waals surface area contributed by atoms with Crippen LogP contribution in [0.3, 0.4) is 0 Å². The van der Waals surface area contributed by atoms with E-state index in [4.69, 9.17) is 0 Å². The Morgan fingerprint density at radius 1 is 1.33 bits per heavy atom. The number of carbonyl (C=O) groups excluding carboxylic acids is 1. The van der Waals surface area contributed by atoms with E-state index < -0.39 is 0 Å². The lowest BCUT2D eigenvalue weighted by Crippen LogP contribution is -2.51. The fraction of sp³-hybridized carbons (Fsp3) is 0.692. The minimum atomic E-state index is 0.0908. The van der Waals surface area contributed by atoms with E-state index in [0.717, 1.165) is 19.6 Å². The summed E-state index contributed by atoms with van der Waals surface area (Å²) in [5.41, 5.74) is 0.680. The first-order valence-corrected chi connectivity index (χ1v) is 6.56. The lowest BCUT2D eigenvalue weighted by Gasteiger charge is -2.37. The Morgan fingerprint density at radius 3 is 2.50 bits per heavy atom. The molecule has 1 saturated heterocycles. The van der Waals surface area contributed by atoms with Crippen LogP contribution in [-0.2, 0) is 7.05 Å². The molecule has 1 aromatic rings. The van der Waals surface area contributed by atoms with Crippen LogP contribution in [-0.4, -0.2) is 58.2 Å². The summed E-state index contributed by atoms with van der Waals surface area (Å²) >= 11 is 0. The number of piperazine rings is 1. The van der Waals surface area contributed by atoms with Crippen molar-refractivity contribution in [1.29, 1.82) is 0 Å². The van der Waals surface area contributed by atoms with E-state index in [1.165, 1.54) is 0 Å². The molecule has 2 heterocycles. The van der Waals surface area contributed by atoms with E-state index in [9.17, 15) is 4.79 Å². The summed E-state index contributed by atoms with van der Waals surface area (Å²) in [7, 11) is 3.92. The number of carbonyl (C=O) groups is 1. The molecule has 1 aliphatic rings. The Bertz CT molecular complexity index is 388. The first kappa shape index (κ1) is 14.7. The number of rotatable bonds is 1. The van der Waals surface area contributed by atoms with E-state index >= 15 is 0 Å². The van der Waals surface area contributed by atoms with Crippen LogP contribution in [0.25, 0.3) is 0 Å². The second kappa shape index (κ2) is 6.54. The molecule has 1 atom stereocenters. The molecular weight excluding hydrogens is 228 g/mol. The summed E-state index contributed by atoms with van der Waals surface area (Å²) in [6, 6.07) is 0.425. The molecule has 102 valence electrons. The molecule has 0 bridgehead atoms. The minimum absolute atomic E-state index is 0.0908. The molecule has 0 aliphatic carbocycles. The molecule has 2 rings (SSSR count). The average molecular weight is 252 g/mol. The first-order valence-electron chi connectivity index (χ1n) is 6.56. The Balaban J connectivity index is 0.000000771. The zero-order valence-electron chi connectivity index (χ0n) is 12.1. The van der Waals surface area contributed by atoms with Crippen LogP contribution in [0.5, 0.6) is 0 Å². The standard InChI is InChI=1S/C11H18N4O.C2H6/c1-9-7-15(5-4-13(9)2)11(16)10-6-12-14(3)8-10;1-2/h6,8-9H,4-5,7H2,1-3H3;1-2H3. The van der Waals surface area contributed by atoms with Crippen LogP contribution in [0.4, 0.5) is 0 Å². The fourth-order valence-electron chi connectivity index (χ4n) is 1.95. The Morgan fingerprint density at radius 2 is 2.00 bits per heavy atom. The summed E-state index contributed by atoms with van der Waals surface area (Å²) in [6.45, 7) is 8.68. The minimum Gasteiger partial charge on any atom is -0.336 e. The van der Waals surface area contributed by atoms with Crippen molar-refractivity contribution in [2.75, 3.05) is 26.7 Å². The van der Waals surface area contributed by atoms with Crippen molar-refractivity contribution in [1.82, 2.24) is 19.6 Å². The first-order chi connectivity index (χ1) is 8.58. The third kappa shape index (κ3) is 3.32. The number of aromatic nitrogens is 2. The maximum absolute atomic E-state index is 12.1. The number of likely N-dealkylation sites (N-methyl/N-ethyl adjacent to an activating group) is 1. The highest BCUT2D eigenvalue weighted by atomic mass is 16.2. The molecule has 1 aliphatic heterocycles. The summed E-state index contributed by atoms with van der Waals surface area (Å²) in [4.78, 5) is 16.3. The highest BCUT2D eigenvalue weighted by molar-refractivity contribution is 5.93. The van der Waals surface area contributed by atoms with Crippen molar-refractivity contribution >= 4 is 5.91 Å². The number of amides is 1. The van der Waals surface area contributed by atoms with Gasteiger partial charge in [-0.3, -0.25) is 9.48 Å². The van der Waals surface area contributed by atoms with Crippen LogP contribution < -0.4 is 0 Å². The van der Waals surface area contributed by atoms with Gasteiger partial charge in [0.15, 0.2) is 0 Å². The van der Waals surface area contributed by atoms with Crippen molar-refractivity contribution in [3.63, 3.8) is 0 Å². The second-order valence-electron chi connectivity index (χ2n) is 4.48. The Labute approximate surface area is 109 Å². The molecule has 0 N–H and O–H groups in total. The quantitative estimate of drug-likeness (QED) is 0.754. The second-order valence-corrected chi connectivity index (χ2v) is 4.48. The van der Waals surface area contributed by atoms with Gasteiger partial charge in [0.2, 0.25) is 0 Å². The van der Waals surface area contributed by atoms with E-state index in [-0.39, 0.29) is 5.91 Å². The lowest BCUT2D eigenvalue weighted by atomic mass is 10.2. The molecule has 1 amide bonds. The molecule has 0 aromatic carbocycles. The van der Waals surface area contributed by atoms with Crippen molar-refractivity contribution in [2.45, 2.75) is 26.8 Å². The van der Waals surface area contributed by atoms with Crippen molar-refractivity contribution in [3.05, 3.63) is 18.0 Å². The highest BCUT2D eigenvalue weighted by Crippen LogP contribution is 2.11. The summed E-state index contributed by atoms with van der Waals surface area (Å²) in [5.74, 6) is 0.0908. The van der Waals surface area contributed by atoms with Gasteiger partial charge in [0.1, 0.15) is 0 Å². The largest absolute Gasteiger partial charge is 0.336 e. The van der Waals surface area contributed by atoms with Gasteiger partial charge in [-0.15, -0.1) is 0 Å². The van der Waals surface area contributed by atoms with Crippen molar-refractivity contribution < 1.29 is 4.79 Å². The fourth-order valence-corrected chi connectivity index (χ4v) is 1.95. The van der Waals surface area contributed by atoms with E-state index in [0.29, 0.717) is 11.6 Å². The van der Waals surface area contributed by atoms with Gasteiger partial charge in [-0.25, -0.2) is 0 Å². The summed E-state index contributed by atoms with van der Waals surface area (Å²) in [5, 5.41) is 4.03. The van der Waals surface area contributed by atoms with Crippen molar-refractivity contribution in [3.8, 4) is 0 Å². The van der Waals surface area contributed by atoms with Gasteiger partial charge >= 0.3 is 0 Å². The third-order valence-electron chi connectivity index (χ3n) is 3.20. The van der Waals surface area contributed by atoms with Crippen LogP contribution in [0, 0.1) is 0 Å². The van der Waals surface area contributed by atoms with Crippen molar-refractivity contribution in [2.24, 2.45) is 7.05 Å². The van der Waals surface area contributed by atoms with Gasteiger partial charge in [-0.1, -0.05) is 13.8 Å². The maximum Gasteiger partial charge on any atom is 0.257 e. The molecule has 18 heavy (non-hydrogen) atoms. The number of hydrogen-bond donors (Lipinski definition) is 0. The molecule has 0 saturated carbocycles. The monoisotopic (exact) mass is 252 g/mol. The molecule has 1 unspecified atom stereocenters. The molecule has 1 aromatic heterocycles. The Kier molecular flexibility index (Phi) is 5.34. The van der Waals surface area contributed by atoms with Gasteiger partial charge in [0, 0.05) is 38.9 Å².